The molecule has 2 amide bonds. The standard InChI is InChI=1S/C17H13BrN2O3S/c1-2-10-3-5-11(6-4-10)20-16(22)13(15(21)19-17(20)24)9-12-7-8-14(18)23-12/h3-9H,2H2,1H3,(H,19,21,24). The normalized spacial score (nSPS) is 16.7. The lowest BCUT2D eigenvalue weighted by molar-refractivity contribution is -0.122. The zero-order valence-corrected chi connectivity index (χ0v) is 15.1. The highest BCUT2D eigenvalue weighted by atomic mass is 79.9. The van der Waals surface area contributed by atoms with Gasteiger partial charge in [-0.3, -0.25) is 19.8 Å². The zero-order chi connectivity index (χ0) is 17.3. The number of halogens is 1. The molecule has 2 heterocycles. The average Bonchev–Trinajstić information content (AvgIpc) is 2.97. The van der Waals surface area contributed by atoms with Gasteiger partial charge in [0.15, 0.2) is 9.78 Å². The maximum absolute atomic E-state index is 12.8. The number of benzene rings is 1. The van der Waals surface area contributed by atoms with Crippen LogP contribution in [0.5, 0.6) is 0 Å². The molecule has 1 N–H and O–H groups in total. The van der Waals surface area contributed by atoms with Gasteiger partial charge in [-0.15, -0.1) is 0 Å². The highest BCUT2D eigenvalue weighted by molar-refractivity contribution is 9.10. The average molecular weight is 405 g/mol. The van der Waals surface area contributed by atoms with Crippen molar-refractivity contribution < 1.29 is 14.0 Å². The predicted octanol–water partition coefficient (Wildman–Crippen LogP) is 3.44. The number of nitrogens with zero attached hydrogens (tertiary/aromatic N) is 1. The van der Waals surface area contributed by atoms with Gasteiger partial charge >= 0.3 is 0 Å². The summed E-state index contributed by atoms with van der Waals surface area (Å²) in [5.41, 5.74) is 1.72. The minimum atomic E-state index is -0.543. The van der Waals surface area contributed by atoms with Crippen LogP contribution in [0.4, 0.5) is 5.69 Å². The minimum absolute atomic E-state index is 0.0370. The van der Waals surface area contributed by atoms with E-state index in [9.17, 15) is 9.59 Å². The summed E-state index contributed by atoms with van der Waals surface area (Å²) in [5, 5.41) is 2.60. The molecule has 5 nitrogen and oxygen atoms in total. The van der Waals surface area contributed by atoms with Crippen LogP contribution in [0.15, 0.2) is 51.1 Å². The number of rotatable bonds is 3. The van der Waals surface area contributed by atoms with Crippen molar-refractivity contribution in [3.05, 3.63) is 58.0 Å². The van der Waals surface area contributed by atoms with Gasteiger partial charge in [-0.25, -0.2) is 0 Å². The maximum Gasteiger partial charge on any atom is 0.270 e. The van der Waals surface area contributed by atoms with E-state index in [1.54, 1.807) is 12.1 Å². The van der Waals surface area contributed by atoms with Crippen LogP contribution >= 0.6 is 28.1 Å². The largest absolute Gasteiger partial charge is 0.450 e. The number of carbonyl (C=O) groups excluding carboxylic acids is 2. The Labute approximate surface area is 152 Å². The van der Waals surface area contributed by atoms with Crippen LogP contribution in [0.25, 0.3) is 6.08 Å². The monoisotopic (exact) mass is 404 g/mol. The third-order valence-corrected chi connectivity index (χ3v) is 4.30. The second-order valence-electron chi connectivity index (χ2n) is 5.12. The van der Waals surface area contributed by atoms with Crippen molar-refractivity contribution in [2.24, 2.45) is 0 Å². The molecule has 1 aliphatic heterocycles. The lowest BCUT2D eigenvalue weighted by Gasteiger charge is -2.28. The number of hydrogen-bond acceptors (Lipinski definition) is 4. The number of carbonyl (C=O) groups is 2. The topological polar surface area (TPSA) is 62.6 Å². The Hall–Kier alpha value is -2.25. The molecule has 2 aromatic rings. The molecule has 122 valence electrons. The molecule has 0 aliphatic carbocycles. The van der Waals surface area contributed by atoms with Crippen LogP contribution in [0.1, 0.15) is 18.2 Å². The van der Waals surface area contributed by atoms with E-state index in [4.69, 9.17) is 16.6 Å². The van der Waals surface area contributed by atoms with Gasteiger partial charge in [0, 0.05) is 0 Å². The first-order valence-corrected chi connectivity index (χ1v) is 8.45. The van der Waals surface area contributed by atoms with Crippen LogP contribution < -0.4 is 10.2 Å². The minimum Gasteiger partial charge on any atom is -0.450 e. The lowest BCUT2D eigenvalue weighted by Crippen LogP contribution is -2.54. The molecule has 1 saturated heterocycles. The molecule has 1 fully saturated rings. The van der Waals surface area contributed by atoms with Gasteiger partial charge in [-0.05, 0) is 70.5 Å². The summed E-state index contributed by atoms with van der Waals surface area (Å²) in [6, 6.07) is 10.8. The van der Waals surface area contributed by atoms with Gasteiger partial charge in [0.2, 0.25) is 0 Å². The third-order valence-electron chi connectivity index (χ3n) is 3.59. The summed E-state index contributed by atoms with van der Waals surface area (Å²) in [6.07, 6.45) is 2.30. The van der Waals surface area contributed by atoms with E-state index in [-0.39, 0.29) is 10.7 Å². The van der Waals surface area contributed by atoms with Crippen LogP contribution in [-0.4, -0.2) is 16.9 Å². The fraction of sp³-hybridized carbons (Fsp3) is 0.118. The van der Waals surface area contributed by atoms with Crippen molar-refractivity contribution in [2.45, 2.75) is 13.3 Å². The summed E-state index contributed by atoms with van der Waals surface area (Å²) in [5.74, 6) is -0.631. The number of aryl methyl sites for hydroxylation is 1. The summed E-state index contributed by atoms with van der Waals surface area (Å²) < 4.78 is 5.85. The van der Waals surface area contributed by atoms with Gasteiger partial charge in [0.25, 0.3) is 11.8 Å². The smallest absolute Gasteiger partial charge is 0.270 e. The van der Waals surface area contributed by atoms with Crippen molar-refractivity contribution in [2.75, 3.05) is 4.90 Å². The molecule has 0 radical (unpaired) electrons. The number of nitrogens with one attached hydrogen (secondary N) is 1. The quantitative estimate of drug-likeness (QED) is 0.483. The SMILES string of the molecule is CCc1ccc(N2C(=O)C(=Cc3ccc(Br)o3)C(=O)NC2=S)cc1. The van der Waals surface area contributed by atoms with E-state index in [1.165, 1.54) is 11.0 Å². The molecule has 0 atom stereocenters. The number of hydrogen-bond donors (Lipinski definition) is 1. The van der Waals surface area contributed by atoms with Gasteiger partial charge in [-0.1, -0.05) is 19.1 Å². The fourth-order valence-electron chi connectivity index (χ4n) is 2.32. The first-order valence-electron chi connectivity index (χ1n) is 7.25. The Kier molecular flexibility index (Phi) is 4.64. The van der Waals surface area contributed by atoms with Crippen molar-refractivity contribution in [1.82, 2.24) is 5.32 Å². The Bertz CT molecular complexity index is 855. The Balaban J connectivity index is 1.97. The van der Waals surface area contributed by atoms with Crippen molar-refractivity contribution >= 4 is 56.8 Å². The first-order chi connectivity index (χ1) is 11.5. The molecule has 24 heavy (non-hydrogen) atoms. The number of amides is 2. The second kappa shape index (κ2) is 6.70. The lowest BCUT2D eigenvalue weighted by atomic mass is 10.1. The molecule has 3 rings (SSSR count). The van der Waals surface area contributed by atoms with E-state index in [2.05, 4.69) is 21.2 Å². The molecule has 7 heteroatoms. The Morgan fingerprint density at radius 3 is 2.50 bits per heavy atom. The van der Waals surface area contributed by atoms with Crippen LogP contribution in [0.2, 0.25) is 0 Å². The van der Waals surface area contributed by atoms with Gasteiger partial charge in [-0.2, -0.15) is 0 Å². The van der Waals surface area contributed by atoms with Crippen molar-refractivity contribution in [1.29, 1.82) is 0 Å². The molecule has 0 bridgehead atoms. The summed E-state index contributed by atoms with van der Waals surface area (Å²) in [6.45, 7) is 2.05. The number of anilines is 1. The molecule has 0 saturated carbocycles. The summed E-state index contributed by atoms with van der Waals surface area (Å²) in [4.78, 5) is 26.2. The Morgan fingerprint density at radius 2 is 1.92 bits per heavy atom. The fourth-order valence-corrected chi connectivity index (χ4v) is 2.92. The summed E-state index contributed by atoms with van der Waals surface area (Å²) >= 11 is 8.35. The zero-order valence-electron chi connectivity index (χ0n) is 12.7. The van der Waals surface area contributed by atoms with Crippen molar-refractivity contribution in [3.8, 4) is 0 Å². The van der Waals surface area contributed by atoms with E-state index in [1.807, 2.05) is 31.2 Å². The summed E-state index contributed by atoms with van der Waals surface area (Å²) in [7, 11) is 0. The molecule has 0 unspecified atom stereocenters. The third kappa shape index (κ3) is 3.18. The van der Waals surface area contributed by atoms with Crippen LogP contribution in [0.3, 0.4) is 0 Å². The molecular formula is C17H13BrN2O3S. The van der Waals surface area contributed by atoms with E-state index in [0.29, 0.717) is 16.1 Å². The first kappa shape index (κ1) is 16.6. The van der Waals surface area contributed by atoms with Gasteiger partial charge < -0.3 is 4.42 Å². The van der Waals surface area contributed by atoms with Crippen molar-refractivity contribution in [3.63, 3.8) is 0 Å². The molecular weight excluding hydrogens is 392 g/mol. The predicted molar refractivity (Wildman–Crippen MR) is 98.4 cm³/mol. The van der Waals surface area contributed by atoms with E-state index in [0.717, 1.165) is 12.0 Å². The van der Waals surface area contributed by atoms with E-state index >= 15 is 0 Å². The highest BCUT2D eigenvalue weighted by Crippen LogP contribution is 2.23. The van der Waals surface area contributed by atoms with Crippen LogP contribution in [-0.2, 0) is 16.0 Å². The highest BCUT2D eigenvalue weighted by Gasteiger charge is 2.34. The molecule has 1 aromatic carbocycles. The van der Waals surface area contributed by atoms with Gasteiger partial charge in [0.1, 0.15) is 11.3 Å². The number of furan rings is 1. The second-order valence-corrected chi connectivity index (χ2v) is 6.29. The van der Waals surface area contributed by atoms with Crippen LogP contribution in [0, 0.1) is 0 Å². The Morgan fingerprint density at radius 1 is 1.21 bits per heavy atom. The van der Waals surface area contributed by atoms with Gasteiger partial charge in [0.05, 0.1) is 5.69 Å². The molecule has 0 spiro atoms. The van der Waals surface area contributed by atoms with E-state index < -0.39 is 11.8 Å². The molecule has 1 aromatic heterocycles. The number of thiocarbonyl (C=S) groups is 1. The maximum atomic E-state index is 12.8. The molecule has 1 aliphatic rings.